The van der Waals surface area contributed by atoms with Crippen LogP contribution in [-0.4, -0.2) is 18.5 Å². The summed E-state index contributed by atoms with van der Waals surface area (Å²) in [7, 11) is 0. The molecule has 0 spiro atoms. The van der Waals surface area contributed by atoms with Gasteiger partial charge in [0.05, 0.1) is 17.7 Å². The van der Waals surface area contributed by atoms with E-state index in [2.05, 4.69) is 38.1 Å². The summed E-state index contributed by atoms with van der Waals surface area (Å²) >= 11 is 0. The summed E-state index contributed by atoms with van der Waals surface area (Å²) in [5.74, 6) is -0.107. The average Bonchev–Trinajstić information content (AvgIpc) is 2.88. The van der Waals surface area contributed by atoms with Gasteiger partial charge in [-0.3, -0.25) is 0 Å². The Bertz CT molecular complexity index is 1050. The van der Waals surface area contributed by atoms with Crippen molar-refractivity contribution in [3.8, 4) is 16.9 Å². The fourth-order valence-corrected chi connectivity index (χ4v) is 3.49. The van der Waals surface area contributed by atoms with E-state index in [9.17, 15) is 9.59 Å². The van der Waals surface area contributed by atoms with Crippen LogP contribution in [0.1, 0.15) is 72.7 Å². The first-order valence-corrected chi connectivity index (χ1v) is 12.2. The van der Waals surface area contributed by atoms with Crippen molar-refractivity contribution in [2.45, 2.75) is 52.9 Å². The zero-order chi connectivity index (χ0) is 24.3. The fraction of sp³-hybridized carbons (Fsp3) is 0.333. The molecule has 0 fully saturated rings. The van der Waals surface area contributed by atoms with Crippen LogP contribution in [0.4, 0.5) is 0 Å². The monoisotopic (exact) mass is 458 g/mol. The van der Waals surface area contributed by atoms with Gasteiger partial charge in [-0.05, 0) is 71.8 Å². The minimum Gasteiger partial charge on any atom is -0.462 e. The number of hydrogen-bond donors (Lipinski definition) is 0. The number of carbonyl (C=O) groups is 2. The third-order valence-electron chi connectivity index (χ3n) is 5.97. The maximum atomic E-state index is 12.5. The molecule has 0 N–H and O–H groups in total. The van der Waals surface area contributed by atoms with E-state index in [-0.39, 0.29) is 5.97 Å². The van der Waals surface area contributed by atoms with Crippen molar-refractivity contribution in [3.05, 3.63) is 89.5 Å². The van der Waals surface area contributed by atoms with Crippen molar-refractivity contribution in [2.75, 3.05) is 6.61 Å². The van der Waals surface area contributed by atoms with Gasteiger partial charge in [0.15, 0.2) is 0 Å². The summed E-state index contributed by atoms with van der Waals surface area (Å²) in [5, 5.41) is 0. The number of aryl methyl sites for hydroxylation is 1. The number of hydrogen-bond acceptors (Lipinski definition) is 4. The van der Waals surface area contributed by atoms with E-state index in [0.717, 1.165) is 24.0 Å². The highest BCUT2D eigenvalue weighted by molar-refractivity contribution is 5.92. The molecule has 178 valence electrons. The minimum absolute atomic E-state index is 0.325. The lowest BCUT2D eigenvalue weighted by molar-refractivity contribution is 0.0447. The molecule has 1 atom stereocenters. The number of ether oxygens (including phenoxy) is 2. The van der Waals surface area contributed by atoms with Crippen molar-refractivity contribution in [2.24, 2.45) is 5.92 Å². The second kappa shape index (κ2) is 12.7. The van der Waals surface area contributed by atoms with Gasteiger partial charge in [0.1, 0.15) is 5.75 Å². The van der Waals surface area contributed by atoms with Crippen LogP contribution in [-0.2, 0) is 11.2 Å². The molecular formula is C30H34O4. The Morgan fingerprint density at radius 3 is 1.88 bits per heavy atom. The van der Waals surface area contributed by atoms with Gasteiger partial charge in [-0.25, -0.2) is 9.59 Å². The Kier molecular flexibility index (Phi) is 9.45. The Morgan fingerprint density at radius 2 is 1.29 bits per heavy atom. The molecule has 0 heterocycles. The van der Waals surface area contributed by atoms with Gasteiger partial charge in [-0.1, -0.05) is 76.4 Å². The normalized spacial score (nSPS) is 11.6. The van der Waals surface area contributed by atoms with Gasteiger partial charge >= 0.3 is 11.9 Å². The molecule has 0 saturated carbocycles. The van der Waals surface area contributed by atoms with E-state index in [4.69, 9.17) is 9.47 Å². The average molecular weight is 459 g/mol. The zero-order valence-corrected chi connectivity index (χ0v) is 20.4. The van der Waals surface area contributed by atoms with Crippen molar-refractivity contribution < 1.29 is 19.1 Å². The Labute approximate surface area is 202 Å². The second-order valence-electron chi connectivity index (χ2n) is 8.76. The first-order chi connectivity index (χ1) is 16.5. The molecule has 0 bridgehead atoms. The van der Waals surface area contributed by atoms with E-state index in [1.165, 1.54) is 24.8 Å². The van der Waals surface area contributed by atoms with Crippen LogP contribution >= 0.6 is 0 Å². The minimum atomic E-state index is -0.440. The molecule has 0 aliphatic carbocycles. The summed E-state index contributed by atoms with van der Waals surface area (Å²) in [6.07, 6.45) is 5.77. The van der Waals surface area contributed by atoms with Crippen LogP contribution in [0.15, 0.2) is 72.8 Å². The SMILES string of the molecule is CCCCCc1ccc(-c2ccc(C(=O)Oc3ccc(C(=O)OCC(C)CC)cc3)cc2)cc1. The largest absolute Gasteiger partial charge is 0.462 e. The van der Waals surface area contributed by atoms with E-state index >= 15 is 0 Å². The molecule has 0 radical (unpaired) electrons. The molecule has 1 unspecified atom stereocenters. The first-order valence-electron chi connectivity index (χ1n) is 12.2. The smallest absolute Gasteiger partial charge is 0.343 e. The molecule has 0 saturated heterocycles. The molecular weight excluding hydrogens is 424 g/mol. The standard InChI is InChI=1S/C30H34O4/c1-4-6-7-8-23-9-11-24(12-10-23)25-13-15-27(16-14-25)30(32)34-28-19-17-26(18-20-28)29(31)33-21-22(3)5-2/h9-20,22H,4-8,21H2,1-3H3. The number of carbonyl (C=O) groups excluding carboxylic acids is 2. The maximum absolute atomic E-state index is 12.5. The van der Waals surface area contributed by atoms with E-state index < -0.39 is 5.97 Å². The first kappa shape index (κ1) is 25.2. The third kappa shape index (κ3) is 7.31. The third-order valence-corrected chi connectivity index (χ3v) is 5.97. The quantitative estimate of drug-likeness (QED) is 0.169. The van der Waals surface area contributed by atoms with Crippen LogP contribution < -0.4 is 4.74 Å². The van der Waals surface area contributed by atoms with Gasteiger partial charge in [0.25, 0.3) is 0 Å². The van der Waals surface area contributed by atoms with Crippen molar-refractivity contribution in [1.82, 2.24) is 0 Å². The molecule has 0 amide bonds. The number of unbranched alkanes of at least 4 members (excludes halogenated alkanes) is 2. The van der Waals surface area contributed by atoms with Gasteiger partial charge in [-0.15, -0.1) is 0 Å². The predicted octanol–water partition coefficient (Wildman–Crippen LogP) is 7.51. The summed E-state index contributed by atoms with van der Waals surface area (Å²) in [5.41, 5.74) is 4.43. The number of rotatable bonds is 11. The van der Waals surface area contributed by atoms with Crippen LogP contribution in [0, 0.1) is 5.92 Å². The lowest BCUT2D eigenvalue weighted by Gasteiger charge is -2.10. The summed E-state index contributed by atoms with van der Waals surface area (Å²) in [4.78, 5) is 24.7. The van der Waals surface area contributed by atoms with E-state index in [1.807, 2.05) is 19.1 Å². The van der Waals surface area contributed by atoms with Crippen molar-refractivity contribution in [3.63, 3.8) is 0 Å². The number of esters is 2. The molecule has 0 aromatic heterocycles. The lowest BCUT2D eigenvalue weighted by atomic mass is 10.0. The molecule has 3 aromatic carbocycles. The van der Waals surface area contributed by atoms with Crippen molar-refractivity contribution in [1.29, 1.82) is 0 Å². The molecule has 3 aromatic rings. The highest BCUT2D eigenvalue weighted by Gasteiger charge is 2.12. The molecule has 0 aliphatic heterocycles. The molecule has 0 aliphatic rings. The highest BCUT2D eigenvalue weighted by atomic mass is 16.5. The van der Waals surface area contributed by atoms with Crippen LogP contribution in [0.25, 0.3) is 11.1 Å². The zero-order valence-electron chi connectivity index (χ0n) is 20.4. The Morgan fingerprint density at radius 1 is 0.735 bits per heavy atom. The van der Waals surface area contributed by atoms with Gasteiger partial charge in [-0.2, -0.15) is 0 Å². The van der Waals surface area contributed by atoms with Crippen LogP contribution in [0.2, 0.25) is 0 Å². The summed E-state index contributed by atoms with van der Waals surface area (Å²) in [6, 6.07) is 22.4. The lowest BCUT2D eigenvalue weighted by Crippen LogP contribution is -2.12. The van der Waals surface area contributed by atoms with Crippen LogP contribution in [0.3, 0.4) is 0 Å². The van der Waals surface area contributed by atoms with E-state index in [1.54, 1.807) is 36.4 Å². The second-order valence-corrected chi connectivity index (χ2v) is 8.76. The summed E-state index contributed by atoms with van der Waals surface area (Å²) in [6.45, 7) is 6.70. The molecule has 3 rings (SSSR count). The topological polar surface area (TPSA) is 52.6 Å². The highest BCUT2D eigenvalue weighted by Crippen LogP contribution is 2.22. The van der Waals surface area contributed by atoms with Crippen molar-refractivity contribution >= 4 is 11.9 Å². The predicted molar refractivity (Wildman–Crippen MR) is 136 cm³/mol. The fourth-order valence-electron chi connectivity index (χ4n) is 3.49. The maximum Gasteiger partial charge on any atom is 0.343 e. The molecule has 34 heavy (non-hydrogen) atoms. The van der Waals surface area contributed by atoms with E-state index in [0.29, 0.717) is 29.4 Å². The Hall–Kier alpha value is -3.40. The molecule has 4 heteroatoms. The summed E-state index contributed by atoms with van der Waals surface area (Å²) < 4.78 is 10.8. The van der Waals surface area contributed by atoms with Gasteiger partial charge in [0, 0.05) is 0 Å². The molecule has 4 nitrogen and oxygen atoms in total. The van der Waals surface area contributed by atoms with Crippen LogP contribution in [0.5, 0.6) is 5.75 Å². The van der Waals surface area contributed by atoms with Gasteiger partial charge in [0.2, 0.25) is 0 Å². The Balaban J connectivity index is 1.56. The number of benzene rings is 3. The van der Waals surface area contributed by atoms with Gasteiger partial charge < -0.3 is 9.47 Å².